The zero-order valence-electron chi connectivity index (χ0n) is 11.8. The first-order chi connectivity index (χ1) is 9.40. The fraction of sp³-hybridized carbons (Fsp3) is 0.571. The van der Waals surface area contributed by atoms with E-state index in [0.717, 1.165) is 4.88 Å². The summed E-state index contributed by atoms with van der Waals surface area (Å²) in [5, 5.41) is 15.0. The van der Waals surface area contributed by atoms with Gasteiger partial charge in [0.25, 0.3) is 0 Å². The summed E-state index contributed by atoms with van der Waals surface area (Å²) in [7, 11) is 0. The first-order valence-electron chi connectivity index (χ1n) is 6.70. The molecule has 2 unspecified atom stereocenters. The van der Waals surface area contributed by atoms with Gasteiger partial charge in [-0.1, -0.05) is 6.07 Å². The maximum Gasteiger partial charge on any atom is 0.225 e. The van der Waals surface area contributed by atoms with E-state index < -0.39 is 5.60 Å². The Morgan fingerprint density at radius 3 is 2.90 bits per heavy atom. The van der Waals surface area contributed by atoms with Crippen LogP contribution in [-0.4, -0.2) is 41.5 Å². The van der Waals surface area contributed by atoms with Crippen molar-refractivity contribution in [1.29, 1.82) is 0 Å². The Bertz CT molecular complexity index is 485. The van der Waals surface area contributed by atoms with Crippen molar-refractivity contribution in [3.8, 4) is 0 Å². The number of amides is 2. The molecule has 1 aliphatic heterocycles. The molecule has 2 amide bonds. The van der Waals surface area contributed by atoms with E-state index in [0.29, 0.717) is 19.5 Å². The second-order valence-corrected chi connectivity index (χ2v) is 6.37. The summed E-state index contributed by atoms with van der Waals surface area (Å²) >= 11 is 1.46. The molecule has 0 spiro atoms. The van der Waals surface area contributed by atoms with Crippen LogP contribution in [0.2, 0.25) is 0 Å². The molecule has 1 aromatic heterocycles. The highest BCUT2D eigenvalue weighted by atomic mass is 32.1. The van der Waals surface area contributed by atoms with Crippen molar-refractivity contribution >= 4 is 23.2 Å². The predicted molar refractivity (Wildman–Crippen MR) is 77.3 cm³/mol. The number of aliphatic hydroxyl groups is 1. The number of nitrogens with zero attached hydrogens (tertiary/aromatic N) is 1. The van der Waals surface area contributed by atoms with E-state index in [-0.39, 0.29) is 24.3 Å². The van der Waals surface area contributed by atoms with Gasteiger partial charge >= 0.3 is 0 Å². The van der Waals surface area contributed by atoms with Gasteiger partial charge in [-0.3, -0.25) is 9.59 Å². The third-order valence-corrected chi connectivity index (χ3v) is 4.79. The lowest BCUT2D eigenvalue weighted by molar-refractivity contribution is -0.128. The van der Waals surface area contributed by atoms with Crippen LogP contribution in [0.1, 0.15) is 25.1 Å². The van der Waals surface area contributed by atoms with Crippen LogP contribution in [0, 0.1) is 5.92 Å². The van der Waals surface area contributed by atoms with Gasteiger partial charge in [-0.15, -0.1) is 11.3 Å². The van der Waals surface area contributed by atoms with Crippen LogP contribution in [0.4, 0.5) is 0 Å². The molecule has 20 heavy (non-hydrogen) atoms. The Balaban J connectivity index is 1.85. The molecule has 2 N–H and O–H groups in total. The summed E-state index contributed by atoms with van der Waals surface area (Å²) in [5.41, 5.74) is -1.05. The summed E-state index contributed by atoms with van der Waals surface area (Å²) in [6.45, 7) is 4.50. The summed E-state index contributed by atoms with van der Waals surface area (Å²) in [6.07, 6.45) is 0.687. The molecule has 2 rings (SSSR count). The lowest BCUT2D eigenvalue weighted by atomic mass is 10.0. The lowest BCUT2D eigenvalue weighted by Crippen LogP contribution is -2.41. The van der Waals surface area contributed by atoms with Crippen LogP contribution in [0.25, 0.3) is 0 Å². The standard InChI is InChI=1S/C14H20N2O3S/c1-10(17)16-6-5-11(8-16)13(18)15-9-14(2,19)12-4-3-7-20-12/h3-4,7,11,19H,5-6,8-9H2,1-2H3,(H,15,18). The smallest absolute Gasteiger partial charge is 0.225 e. The number of carbonyl (C=O) groups excluding carboxylic acids is 2. The van der Waals surface area contributed by atoms with E-state index in [9.17, 15) is 14.7 Å². The number of carbonyl (C=O) groups is 2. The molecule has 2 atom stereocenters. The first-order valence-corrected chi connectivity index (χ1v) is 7.58. The van der Waals surface area contributed by atoms with E-state index in [4.69, 9.17) is 0 Å². The van der Waals surface area contributed by atoms with Crippen molar-refractivity contribution in [1.82, 2.24) is 10.2 Å². The number of hydrogen-bond donors (Lipinski definition) is 2. The molecule has 110 valence electrons. The van der Waals surface area contributed by atoms with Crippen molar-refractivity contribution in [3.05, 3.63) is 22.4 Å². The van der Waals surface area contributed by atoms with Gasteiger partial charge in [0.1, 0.15) is 5.60 Å². The van der Waals surface area contributed by atoms with Crippen molar-refractivity contribution in [3.63, 3.8) is 0 Å². The molecule has 0 aromatic carbocycles. The van der Waals surface area contributed by atoms with Crippen LogP contribution in [0.15, 0.2) is 17.5 Å². The summed E-state index contributed by atoms with van der Waals surface area (Å²) in [6, 6.07) is 3.72. The second-order valence-electron chi connectivity index (χ2n) is 5.42. The zero-order valence-corrected chi connectivity index (χ0v) is 12.6. The van der Waals surface area contributed by atoms with Gasteiger partial charge in [0.05, 0.1) is 12.5 Å². The SMILES string of the molecule is CC(=O)N1CCC(C(=O)NCC(C)(O)c2cccs2)C1. The number of nitrogens with one attached hydrogen (secondary N) is 1. The molecule has 1 fully saturated rings. The molecular formula is C14H20N2O3S. The third-order valence-electron chi connectivity index (χ3n) is 3.66. The fourth-order valence-corrected chi connectivity index (χ4v) is 3.12. The molecule has 1 aromatic rings. The van der Waals surface area contributed by atoms with Gasteiger partial charge in [-0.2, -0.15) is 0 Å². The third kappa shape index (κ3) is 3.37. The van der Waals surface area contributed by atoms with Gasteiger partial charge in [0.15, 0.2) is 0 Å². The highest BCUT2D eigenvalue weighted by Crippen LogP contribution is 2.24. The van der Waals surface area contributed by atoms with E-state index in [2.05, 4.69) is 5.32 Å². The molecule has 1 saturated heterocycles. The van der Waals surface area contributed by atoms with Gasteiger partial charge in [-0.25, -0.2) is 0 Å². The maximum absolute atomic E-state index is 12.1. The Morgan fingerprint density at radius 2 is 2.35 bits per heavy atom. The minimum atomic E-state index is -1.05. The summed E-state index contributed by atoms with van der Waals surface area (Å²) in [5.74, 6) is -0.255. The molecule has 0 aliphatic carbocycles. The van der Waals surface area contributed by atoms with Gasteiger partial charge in [-0.05, 0) is 24.8 Å². The van der Waals surface area contributed by atoms with Crippen LogP contribution >= 0.6 is 11.3 Å². The van der Waals surface area contributed by atoms with E-state index in [1.54, 1.807) is 11.8 Å². The van der Waals surface area contributed by atoms with E-state index in [1.165, 1.54) is 18.3 Å². The number of likely N-dealkylation sites (tertiary alicyclic amines) is 1. The van der Waals surface area contributed by atoms with Crippen LogP contribution in [0.3, 0.4) is 0 Å². The fourth-order valence-electron chi connectivity index (χ4n) is 2.34. The topological polar surface area (TPSA) is 69.6 Å². The van der Waals surface area contributed by atoms with Crippen molar-refractivity contribution in [2.24, 2.45) is 5.92 Å². The average Bonchev–Trinajstić information content (AvgIpc) is 3.06. The average molecular weight is 296 g/mol. The molecule has 1 aliphatic rings. The maximum atomic E-state index is 12.1. The normalized spacial score (nSPS) is 21.6. The molecule has 0 radical (unpaired) electrons. The van der Waals surface area contributed by atoms with Gasteiger partial charge in [0, 0.05) is 24.9 Å². The number of rotatable bonds is 4. The van der Waals surface area contributed by atoms with E-state index in [1.807, 2.05) is 17.5 Å². The summed E-state index contributed by atoms with van der Waals surface area (Å²) < 4.78 is 0. The van der Waals surface area contributed by atoms with Crippen molar-refractivity contribution < 1.29 is 14.7 Å². The largest absolute Gasteiger partial charge is 0.383 e. The highest BCUT2D eigenvalue weighted by Gasteiger charge is 2.31. The number of hydrogen-bond acceptors (Lipinski definition) is 4. The predicted octanol–water partition coefficient (Wildman–Crippen LogP) is 0.940. The molecule has 0 bridgehead atoms. The van der Waals surface area contributed by atoms with Crippen molar-refractivity contribution in [2.75, 3.05) is 19.6 Å². The quantitative estimate of drug-likeness (QED) is 0.869. The molecular weight excluding hydrogens is 276 g/mol. The van der Waals surface area contributed by atoms with E-state index >= 15 is 0 Å². The Morgan fingerprint density at radius 1 is 1.60 bits per heavy atom. The first kappa shape index (κ1) is 15.0. The molecule has 5 nitrogen and oxygen atoms in total. The second kappa shape index (κ2) is 5.93. The van der Waals surface area contributed by atoms with Crippen LogP contribution in [0.5, 0.6) is 0 Å². The van der Waals surface area contributed by atoms with Gasteiger partial charge < -0.3 is 15.3 Å². The minimum Gasteiger partial charge on any atom is -0.383 e. The highest BCUT2D eigenvalue weighted by molar-refractivity contribution is 7.10. The van der Waals surface area contributed by atoms with Gasteiger partial charge in [0.2, 0.25) is 11.8 Å². The molecule has 2 heterocycles. The lowest BCUT2D eigenvalue weighted by Gasteiger charge is -2.23. The Kier molecular flexibility index (Phi) is 4.45. The molecule has 0 saturated carbocycles. The van der Waals surface area contributed by atoms with Crippen molar-refractivity contribution in [2.45, 2.75) is 25.9 Å². The summed E-state index contributed by atoms with van der Waals surface area (Å²) in [4.78, 5) is 25.8. The Hall–Kier alpha value is -1.40. The Labute approximate surface area is 122 Å². The van der Waals surface area contributed by atoms with Crippen LogP contribution < -0.4 is 5.32 Å². The van der Waals surface area contributed by atoms with Crippen LogP contribution in [-0.2, 0) is 15.2 Å². The monoisotopic (exact) mass is 296 g/mol. The number of thiophene rings is 1. The molecule has 6 heteroatoms. The zero-order chi connectivity index (χ0) is 14.8. The minimum absolute atomic E-state index is 0.00545.